The van der Waals surface area contributed by atoms with Gasteiger partial charge in [-0.15, -0.1) is 0 Å². The second-order valence-corrected chi connectivity index (χ2v) is 10.4. The molecule has 0 saturated carbocycles. The Morgan fingerprint density at radius 2 is 1.63 bits per heavy atom. The lowest BCUT2D eigenvalue weighted by Crippen LogP contribution is -2.43. The number of amides is 1. The van der Waals surface area contributed by atoms with Crippen LogP contribution in [0.1, 0.15) is 56.7 Å². The first kappa shape index (κ1) is 23.9. The van der Waals surface area contributed by atoms with Crippen LogP contribution in [0.15, 0.2) is 66.7 Å². The topological polar surface area (TPSA) is 35.6 Å². The molecule has 1 amide bonds. The van der Waals surface area contributed by atoms with E-state index in [4.69, 9.17) is 11.6 Å². The minimum atomic E-state index is 0.0820. The summed E-state index contributed by atoms with van der Waals surface area (Å²) in [6, 6.07) is 23.5. The summed E-state index contributed by atoms with van der Waals surface area (Å²) in [5, 5.41) is 4.41. The summed E-state index contributed by atoms with van der Waals surface area (Å²) < 4.78 is 0. The van der Waals surface area contributed by atoms with E-state index in [1.54, 1.807) is 6.92 Å². The summed E-state index contributed by atoms with van der Waals surface area (Å²) in [7, 11) is 0. The summed E-state index contributed by atoms with van der Waals surface area (Å²) in [6.07, 6.45) is 4.83. The van der Waals surface area contributed by atoms with Gasteiger partial charge in [0.05, 0.1) is 6.04 Å². The molecule has 2 aliphatic heterocycles. The molecule has 0 bridgehead atoms. The van der Waals surface area contributed by atoms with Crippen molar-refractivity contribution in [3.63, 3.8) is 0 Å². The number of hydrogen-bond acceptors (Lipinski definition) is 3. The van der Waals surface area contributed by atoms with E-state index in [-0.39, 0.29) is 18.0 Å². The molecule has 1 N–H and O–H groups in total. The smallest absolute Gasteiger partial charge is 0.224 e. The first-order valence-corrected chi connectivity index (χ1v) is 13.1. The summed E-state index contributed by atoms with van der Waals surface area (Å²) in [5.74, 6) is 0.0820. The van der Waals surface area contributed by atoms with Gasteiger partial charge in [0.1, 0.15) is 0 Å². The van der Waals surface area contributed by atoms with Gasteiger partial charge in [-0.2, -0.15) is 0 Å². The predicted molar refractivity (Wildman–Crippen MR) is 146 cm³/mol. The molecule has 182 valence electrons. The van der Waals surface area contributed by atoms with Gasteiger partial charge in [0, 0.05) is 35.9 Å². The lowest BCUT2D eigenvalue weighted by molar-refractivity contribution is -0.117. The van der Waals surface area contributed by atoms with E-state index < -0.39 is 0 Å². The van der Waals surface area contributed by atoms with Crippen LogP contribution in [0.5, 0.6) is 0 Å². The molecular weight excluding hydrogens is 454 g/mol. The van der Waals surface area contributed by atoms with E-state index in [2.05, 4.69) is 59.6 Å². The highest BCUT2D eigenvalue weighted by molar-refractivity contribution is 6.30. The maximum atomic E-state index is 12.5. The van der Waals surface area contributed by atoms with Crippen LogP contribution in [-0.4, -0.2) is 29.9 Å². The Morgan fingerprint density at radius 3 is 2.31 bits per heavy atom. The SMILES string of the molecule is CC(=O)N1c2ccc(-c3ccc(CN4CCCCC4)cc3)cc2[C@H](Nc2ccc(Cl)cc2)C[C@@H]1C. The van der Waals surface area contributed by atoms with Crippen molar-refractivity contribution < 1.29 is 4.79 Å². The summed E-state index contributed by atoms with van der Waals surface area (Å²) in [4.78, 5) is 17.0. The predicted octanol–water partition coefficient (Wildman–Crippen LogP) is 7.29. The molecule has 3 aromatic rings. The second kappa shape index (κ2) is 10.4. The van der Waals surface area contributed by atoms with Gasteiger partial charge in [-0.3, -0.25) is 9.69 Å². The minimum absolute atomic E-state index is 0.0820. The molecule has 5 heteroatoms. The van der Waals surface area contributed by atoms with Crippen LogP contribution in [0, 0.1) is 0 Å². The molecule has 1 fully saturated rings. The van der Waals surface area contributed by atoms with Crippen molar-refractivity contribution in [2.45, 2.75) is 58.2 Å². The molecule has 35 heavy (non-hydrogen) atoms. The van der Waals surface area contributed by atoms with Gasteiger partial charge in [0.25, 0.3) is 0 Å². The number of likely N-dealkylation sites (tertiary alicyclic amines) is 1. The Morgan fingerprint density at radius 1 is 0.943 bits per heavy atom. The van der Waals surface area contributed by atoms with E-state index >= 15 is 0 Å². The fourth-order valence-electron chi connectivity index (χ4n) is 5.59. The van der Waals surface area contributed by atoms with Gasteiger partial charge in [-0.1, -0.05) is 48.4 Å². The number of fused-ring (bicyclic) bond motifs is 1. The number of hydrogen-bond donors (Lipinski definition) is 1. The molecule has 2 aliphatic rings. The number of piperidine rings is 1. The van der Waals surface area contributed by atoms with E-state index in [1.165, 1.54) is 49.0 Å². The maximum absolute atomic E-state index is 12.5. The molecule has 2 heterocycles. The quantitative estimate of drug-likeness (QED) is 0.410. The fraction of sp³-hybridized carbons (Fsp3) is 0.367. The zero-order valence-corrected chi connectivity index (χ0v) is 21.4. The highest BCUT2D eigenvalue weighted by Gasteiger charge is 2.32. The normalized spacial score (nSPS) is 20.4. The zero-order chi connectivity index (χ0) is 24.4. The molecule has 0 radical (unpaired) electrons. The summed E-state index contributed by atoms with van der Waals surface area (Å²) in [5.41, 5.74) is 6.92. The van der Waals surface area contributed by atoms with Crippen molar-refractivity contribution in [3.05, 3.63) is 82.9 Å². The molecule has 1 saturated heterocycles. The number of benzene rings is 3. The average molecular weight is 488 g/mol. The lowest BCUT2D eigenvalue weighted by Gasteiger charge is -2.39. The average Bonchev–Trinajstić information content (AvgIpc) is 2.86. The molecule has 3 aromatic carbocycles. The number of nitrogens with one attached hydrogen (secondary N) is 1. The summed E-state index contributed by atoms with van der Waals surface area (Å²) in [6.45, 7) is 7.22. The Labute approximate surface area is 213 Å². The van der Waals surface area contributed by atoms with Crippen molar-refractivity contribution >= 4 is 28.9 Å². The molecule has 4 nitrogen and oxygen atoms in total. The van der Waals surface area contributed by atoms with Crippen molar-refractivity contribution in [1.29, 1.82) is 0 Å². The third-order valence-corrected chi connectivity index (χ3v) is 7.60. The lowest BCUT2D eigenvalue weighted by atomic mass is 9.88. The van der Waals surface area contributed by atoms with E-state index in [0.29, 0.717) is 0 Å². The Hall–Kier alpha value is -2.82. The first-order valence-electron chi connectivity index (χ1n) is 12.8. The van der Waals surface area contributed by atoms with Gasteiger partial charge >= 0.3 is 0 Å². The zero-order valence-electron chi connectivity index (χ0n) is 20.6. The van der Waals surface area contributed by atoms with E-state index in [9.17, 15) is 4.79 Å². The first-order chi connectivity index (χ1) is 17.0. The number of halogens is 1. The van der Waals surface area contributed by atoms with Crippen molar-refractivity contribution in [1.82, 2.24) is 4.90 Å². The third kappa shape index (κ3) is 5.39. The van der Waals surface area contributed by atoms with Gasteiger partial charge in [0.15, 0.2) is 0 Å². The molecule has 0 aromatic heterocycles. The largest absolute Gasteiger partial charge is 0.378 e. The van der Waals surface area contributed by atoms with Crippen LogP contribution in [0.4, 0.5) is 11.4 Å². The highest BCUT2D eigenvalue weighted by atomic mass is 35.5. The second-order valence-electron chi connectivity index (χ2n) is 9.98. The monoisotopic (exact) mass is 487 g/mol. The van der Waals surface area contributed by atoms with Crippen LogP contribution in [0.2, 0.25) is 5.02 Å². The van der Waals surface area contributed by atoms with Crippen molar-refractivity contribution in [2.24, 2.45) is 0 Å². The van der Waals surface area contributed by atoms with Gasteiger partial charge in [-0.25, -0.2) is 0 Å². The fourth-order valence-corrected chi connectivity index (χ4v) is 5.71. The van der Waals surface area contributed by atoms with Crippen LogP contribution >= 0.6 is 11.6 Å². The maximum Gasteiger partial charge on any atom is 0.224 e. The Balaban J connectivity index is 1.43. The molecular formula is C30H34ClN3O. The standard InChI is InChI=1S/C30H34ClN3O/c1-21-18-29(32-27-13-11-26(31)12-14-27)28-19-25(10-15-30(28)34(21)22(2)35)24-8-6-23(7-9-24)20-33-16-4-3-5-17-33/h6-15,19,21,29,32H,3-5,16-18,20H2,1-2H3/t21-,29+/m0/s1. The van der Waals surface area contributed by atoms with Crippen molar-refractivity contribution in [2.75, 3.05) is 23.3 Å². The highest BCUT2D eigenvalue weighted by Crippen LogP contribution is 2.41. The van der Waals surface area contributed by atoms with Gasteiger partial charge < -0.3 is 10.2 Å². The Kier molecular flexibility index (Phi) is 7.12. The van der Waals surface area contributed by atoms with E-state index in [0.717, 1.165) is 34.9 Å². The molecule has 2 atom stereocenters. The molecule has 0 unspecified atom stereocenters. The van der Waals surface area contributed by atoms with Crippen LogP contribution in [0.3, 0.4) is 0 Å². The number of nitrogens with zero attached hydrogens (tertiary/aromatic N) is 2. The third-order valence-electron chi connectivity index (χ3n) is 7.35. The van der Waals surface area contributed by atoms with Crippen LogP contribution in [0.25, 0.3) is 11.1 Å². The molecule has 0 spiro atoms. The number of carbonyl (C=O) groups excluding carboxylic acids is 1. The van der Waals surface area contributed by atoms with Gasteiger partial charge in [-0.05, 0) is 97.9 Å². The Bertz CT molecular complexity index is 1170. The number of rotatable bonds is 5. The number of anilines is 2. The van der Waals surface area contributed by atoms with Crippen molar-refractivity contribution in [3.8, 4) is 11.1 Å². The van der Waals surface area contributed by atoms with Crippen LogP contribution < -0.4 is 10.2 Å². The summed E-state index contributed by atoms with van der Waals surface area (Å²) >= 11 is 6.09. The van der Waals surface area contributed by atoms with E-state index in [1.807, 2.05) is 29.2 Å². The minimum Gasteiger partial charge on any atom is -0.378 e. The van der Waals surface area contributed by atoms with Crippen LogP contribution in [-0.2, 0) is 11.3 Å². The van der Waals surface area contributed by atoms with Gasteiger partial charge in [0.2, 0.25) is 5.91 Å². The number of carbonyl (C=O) groups is 1. The molecule has 0 aliphatic carbocycles. The molecule has 5 rings (SSSR count).